The number of nitrogens with two attached hydrogens (primary N) is 1. The van der Waals surface area contributed by atoms with Gasteiger partial charge in [-0.1, -0.05) is 18.2 Å². The Labute approximate surface area is 96.2 Å². The molecule has 1 amide bonds. The fraction of sp³-hybridized carbons (Fsp3) is 0.462. The summed E-state index contributed by atoms with van der Waals surface area (Å²) in [6.45, 7) is 2.65. The first-order valence-electron chi connectivity index (χ1n) is 5.83. The highest BCUT2D eigenvalue weighted by Crippen LogP contribution is 2.32. The van der Waals surface area contributed by atoms with Crippen molar-refractivity contribution < 1.29 is 4.79 Å². The first-order valence-corrected chi connectivity index (χ1v) is 5.83. The number of likely N-dealkylation sites (N-methyl/N-ethyl adjacent to an activating group) is 1. The molecule has 3 nitrogen and oxygen atoms in total. The molecule has 3 heteroatoms. The van der Waals surface area contributed by atoms with E-state index in [1.807, 2.05) is 37.3 Å². The predicted molar refractivity (Wildman–Crippen MR) is 65.2 cm³/mol. The lowest BCUT2D eigenvalue weighted by Gasteiger charge is -2.40. The Balaban J connectivity index is 2.20. The molecule has 2 rings (SSSR count). The highest BCUT2D eigenvalue weighted by atomic mass is 16.2. The summed E-state index contributed by atoms with van der Waals surface area (Å²) >= 11 is 0. The highest BCUT2D eigenvalue weighted by Gasteiger charge is 2.42. The van der Waals surface area contributed by atoms with Gasteiger partial charge in [0.05, 0.1) is 5.54 Å². The van der Waals surface area contributed by atoms with Crippen LogP contribution in [0.25, 0.3) is 0 Å². The van der Waals surface area contributed by atoms with Gasteiger partial charge >= 0.3 is 0 Å². The van der Waals surface area contributed by atoms with Crippen molar-refractivity contribution in [3.63, 3.8) is 0 Å². The molecular weight excluding hydrogens is 200 g/mol. The lowest BCUT2D eigenvalue weighted by Crippen LogP contribution is -2.59. The van der Waals surface area contributed by atoms with E-state index >= 15 is 0 Å². The maximum Gasteiger partial charge on any atom is 0.247 e. The van der Waals surface area contributed by atoms with Crippen LogP contribution in [-0.2, 0) is 4.79 Å². The van der Waals surface area contributed by atoms with E-state index in [9.17, 15) is 4.79 Å². The Morgan fingerprint density at radius 1 is 1.38 bits per heavy atom. The van der Waals surface area contributed by atoms with Gasteiger partial charge in [-0.15, -0.1) is 0 Å². The Morgan fingerprint density at radius 3 is 2.44 bits per heavy atom. The van der Waals surface area contributed by atoms with E-state index < -0.39 is 5.54 Å². The van der Waals surface area contributed by atoms with Gasteiger partial charge in [0.1, 0.15) is 0 Å². The molecule has 1 saturated carbocycles. The van der Waals surface area contributed by atoms with Crippen LogP contribution in [0, 0.1) is 0 Å². The van der Waals surface area contributed by atoms with Crippen LogP contribution in [0.1, 0.15) is 26.2 Å². The van der Waals surface area contributed by atoms with Crippen LogP contribution < -0.4 is 10.6 Å². The summed E-state index contributed by atoms with van der Waals surface area (Å²) in [4.78, 5) is 14.1. The van der Waals surface area contributed by atoms with Crippen molar-refractivity contribution in [3.05, 3.63) is 30.3 Å². The molecule has 1 aliphatic rings. The number of nitrogens with zero attached hydrogens (tertiary/aromatic N) is 1. The molecule has 0 radical (unpaired) electrons. The van der Waals surface area contributed by atoms with Crippen molar-refractivity contribution in [3.8, 4) is 0 Å². The van der Waals surface area contributed by atoms with E-state index in [4.69, 9.17) is 5.73 Å². The number of benzene rings is 1. The largest absolute Gasteiger partial charge is 0.317 e. The second kappa shape index (κ2) is 4.26. The van der Waals surface area contributed by atoms with Crippen LogP contribution in [0.5, 0.6) is 0 Å². The average molecular weight is 218 g/mol. The SMILES string of the molecule is CCN(C(=O)C1(N)CCC1)c1ccccc1. The summed E-state index contributed by atoms with van der Waals surface area (Å²) in [5.74, 6) is 0.0625. The van der Waals surface area contributed by atoms with Crippen LogP contribution in [0.2, 0.25) is 0 Å². The molecule has 0 unspecified atom stereocenters. The second-order valence-corrected chi connectivity index (χ2v) is 4.39. The van der Waals surface area contributed by atoms with Crippen molar-refractivity contribution in [1.29, 1.82) is 0 Å². The summed E-state index contributed by atoms with van der Waals surface area (Å²) in [7, 11) is 0. The number of carbonyl (C=O) groups is 1. The summed E-state index contributed by atoms with van der Waals surface area (Å²) in [5, 5.41) is 0. The third-order valence-electron chi connectivity index (χ3n) is 3.30. The number of para-hydroxylation sites is 1. The van der Waals surface area contributed by atoms with Crippen molar-refractivity contribution in [1.82, 2.24) is 0 Å². The molecule has 0 aromatic heterocycles. The van der Waals surface area contributed by atoms with Gasteiger partial charge in [-0.3, -0.25) is 4.79 Å². The molecule has 0 atom stereocenters. The minimum atomic E-state index is -0.605. The smallest absolute Gasteiger partial charge is 0.247 e. The molecule has 1 aliphatic carbocycles. The fourth-order valence-electron chi connectivity index (χ4n) is 2.09. The molecule has 1 aromatic carbocycles. The van der Waals surface area contributed by atoms with Crippen LogP contribution >= 0.6 is 0 Å². The third-order valence-corrected chi connectivity index (χ3v) is 3.30. The van der Waals surface area contributed by atoms with Crippen molar-refractivity contribution in [2.24, 2.45) is 5.73 Å². The normalized spacial score (nSPS) is 17.6. The molecule has 0 heterocycles. The van der Waals surface area contributed by atoms with E-state index in [-0.39, 0.29) is 5.91 Å². The zero-order chi connectivity index (χ0) is 11.6. The Bertz CT molecular complexity index is 371. The lowest BCUT2D eigenvalue weighted by molar-refractivity contribution is -0.126. The minimum absolute atomic E-state index is 0.0625. The van der Waals surface area contributed by atoms with E-state index in [1.54, 1.807) is 4.90 Å². The summed E-state index contributed by atoms with van der Waals surface area (Å²) in [6.07, 6.45) is 2.69. The van der Waals surface area contributed by atoms with Gasteiger partial charge in [0.25, 0.3) is 0 Å². The maximum absolute atomic E-state index is 12.3. The van der Waals surface area contributed by atoms with Crippen LogP contribution in [0.3, 0.4) is 0 Å². The third kappa shape index (κ3) is 1.83. The van der Waals surface area contributed by atoms with Crippen LogP contribution in [0.15, 0.2) is 30.3 Å². The van der Waals surface area contributed by atoms with E-state index in [2.05, 4.69) is 0 Å². The van der Waals surface area contributed by atoms with Gasteiger partial charge < -0.3 is 10.6 Å². The number of carbonyl (C=O) groups excluding carboxylic acids is 1. The fourth-order valence-corrected chi connectivity index (χ4v) is 2.09. The van der Waals surface area contributed by atoms with E-state index in [1.165, 1.54) is 0 Å². The van der Waals surface area contributed by atoms with Crippen LogP contribution in [0.4, 0.5) is 5.69 Å². The number of hydrogen-bond acceptors (Lipinski definition) is 2. The van der Waals surface area contributed by atoms with Crippen LogP contribution in [-0.4, -0.2) is 18.0 Å². The lowest BCUT2D eigenvalue weighted by atomic mass is 9.76. The van der Waals surface area contributed by atoms with Crippen molar-refractivity contribution in [2.45, 2.75) is 31.7 Å². The number of anilines is 1. The summed E-state index contributed by atoms with van der Waals surface area (Å²) in [5.41, 5.74) is 6.40. The van der Waals surface area contributed by atoms with Gasteiger partial charge in [-0.05, 0) is 38.3 Å². The molecule has 1 fully saturated rings. The molecular formula is C13H18N2O. The Hall–Kier alpha value is -1.35. The zero-order valence-electron chi connectivity index (χ0n) is 9.65. The zero-order valence-corrected chi connectivity index (χ0v) is 9.65. The molecule has 0 saturated heterocycles. The van der Waals surface area contributed by atoms with Gasteiger partial charge in [0, 0.05) is 12.2 Å². The average Bonchev–Trinajstić information content (AvgIpc) is 2.28. The van der Waals surface area contributed by atoms with Gasteiger partial charge in [-0.2, -0.15) is 0 Å². The number of rotatable bonds is 3. The van der Waals surface area contributed by atoms with Gasteiger partial charge in [0.2, 0.25) is 5.91 Å². The van der Waals surface area contributed by atoms with E-state index in [0.717, 1.165) is 24.9 Å². The Morgan fingerprint density at radius 2 is 2.00 bits per heavy atom. The van der Waals surface area contributed by atoms with E-state index in [0.29, 0.717) is 6.54 Å². The summed E-state index contributed by atoms with van der Waals surface area (Å²) < 4.78 is 0. The predicted octanol–water partition coefficient (Wildman–Crippen LogP) is 1.92. The van der Waals surface area contributed by atoms with Gasteiger partial charge in [0.15, 0.2) is 0 Å². The summed E-state index contributed by atoms with van der Waals surface area (Å²) in [6, 6.07) is 9.72. The van der Waals surface area contributed by atoms with Gasteiger partial charge in [-0.25, -0.2) is 0 Å². The Kier molecular flexibility index (Phi) is 2.97. The standard InChI is InChI=1S/C13H18N2O/c1-2-15(11-7-4-3-5-8-11)12(16)13(14)9-6-10-13/h3-5,7-8H,2,6,9-10,14H2,1H3. The second-order valence-electron chi connectivity index (χ2n) is 4.39. The number of hydrogen-bond donors (Lipinski definition) is 1. The first-order chi connectivity index (χ1) is 7.67. The molecule has 0 aliphatic heterocycles. The topological polar surface area (TPSA) is 46.3 Å². The molecule has 0 bridgehead atoms. The monoisotopic (exact) mass is 218 g/mol. The highest BCUT2D eigenvalue weighted by molar-refractivity contribution is 6.00. The maximum atomic E-state index is 12.3. The first kappa shape index (κ1) is 11.1. The molecule has 86 valence electrons. The van der Waals surface area contributed by atoms with Crippen molar-refractivity contribution in [2.75, 3.05) is 11.4 Å². The molecule has 1 aromatic rings. The molecule has 2 N–H and O–H groups in total. The minimum Gasteiger partial charge on any atom is -0.317 e. The van der Waals surface area contributed by atoms with Crippen molar-refractivity contribution >= 4 is 11.6 Å². The number of amides is 1. The molecule has 0 spiro atoms. The molecule has 16 heavy (non-hydrogen) atoms. The quantitative estimate of drug-likeness (QED) is 0.842.